The summed E-state index contributed by atoms with van der Waals surface area (Å²) in [4.78, 5) is 0. The van der Waals surface area contributed by atoms with E-state index < -0.39 is 8.07 Å². The predicted molar refractivity (Wildman–Crippen MR) is 306 cm³/mol. The average molecular weight is 938 g/mol. The van der Waals surface area contributed by atoms with Crippen LogP contribution >= 0.6 is 11.3 Å². The third-order valence-corrected chi connectivity index (χ3v) is 21.1. The Kier molecular flexibility index (Phi) is 8.85. The highest BCUT2D eigenvalue weighted by atomic mass is 32.1. The van der Waals surface area contributed by atoms with Crippen LogP contribution in [0.2, 0.25) is 0 Å². The van der Waals surface area contributed by atoms with Crippen LogP contribution in [0.3, 0.4) is 0 Å². The number of thiophene rings is 1. The molecule has 4 heterocycles. The summed E-state index contributed by atoms with van der Waals surface area (Å²) in [5, 5.41) is 15.6. The van der Waals surface area contributed by atoms with Gasteiger partial charge in [0.1, 0.15) is 0 Å². The number of rotatable bonds is 7. The summed E-state index contributed by atoms with van der Waals surface area (Å²) in [6.07, 6.45) is 0. The van der Waals surface area contributed by atoms with Crippen molar-refractivity contribution in [1.82, 2.24) is 13.7 Å². The highest BCUT2D eigenvalue weighted by molar-refractivity contribution is 7.27. The molecular formula is C66H43N3SSi. The molecule has 0 unspecified atom stereocenters. The molecule has 0 fully saturated rings. The summed E-state index contributed by atoms with van der Waals surface area (Å²) < 4.78 is 10.1. The minimum Gasteiger partial charge on any atom is -0.309 e. The Morgan fingerprint density at radius 1 is 0.268 bits per heavy atom. The van der Waals surface area contributed by atoms with Crippen LogP contribution in [0.15, 0.2) is 261 Å². The number of fused-ring (bicyclic) bond motifs is 12. The van der Waals surface area contributed by atoms with Crippen molar-refractivity contribution in [2.45, 2.75) is 0 Å². The van der Waals surface area contributed by atoms with Crippen LogP contribution in [-0.2, 0) is 0 Å². The van der Waals surface area contributed by atoms with Gasteiger partial charge in [0.2, 0.25) is 0 Å². The first-order valence-corrected chi connectivity index (χ1v) is 27.2. The first-order valence-electron chi connectivity index (χ1n) is 24.4. The predicted octanol–water partition coefficient (Wildman–Crippen LogP) is 14.7. The number of benzene rings is 11. The van der Waals surface area contributed by atoms with E-state index in [9.17, 15) is 0 Å². The van der Waals surface area contributed by atoms with Crippen molar-refractivity contribution < 1.29 is 0 Å². The maximum atomic E-state index is 2.56. The molecule has 71 heavy (non-hydrogen) atoms. The van der Waals surface area contributed by atoms with E-state index in [2.05, 4.69) is 275 Å². The summed E-state index contributed by atoms with van der Waals surface area (Å²) in [7, 11) is -2.94. The molecule has 0 radical (unpaired) electrons. The lowest BCUT2D eigenvalue weighted by Gasteiger charge is -2.35. The summed E-state index contributed by atoms with van der Waals surface area (Å²) in [5.74, 6) is 0. The highest BCUT2D eigenvalue weighted by Gasteiger charge is 2.43. The van der Waals surface area contributed by atoms with Crippen LogP contribution in [0.1, 0.15) is 0 Å². The summed E-state index contributed by atoms with van der Waals surface area (Å²) in [6.45, 7) is 0. The number of para-hydroxylation sites is 5. The van der Waals surface area contributed by atoms with Crippen LogP contribution in [-0.4, -0.2) is 21.8 Å². The molecule has 4 aromatic heterocycles. The molecule has 0 amide bonds. The Hall–Kier alpha value is -8.74. The maximum Gasteiger partial charge on any atom is 0.180 e. The number of aromatic nitrogens is 3. The Morgan fingerprint density at radius 2 is 0.662 bits per heavy atom. The van der Waals surface area contributed by atoms with Gasteiger partial charge >= 0.3 is 0 Å². The molecule has 0 aliphatic rings. The summed E-state index contributed by atoms with van der Waals surface area (Å²) >= 11 is 1.91. The molecule has 3 nitrogen and oxygen atoms in total. The van der Waals surface area contributed by atoms with Gasteiger partial charge in [-0.05, 0) is 87.5 Å². The normalized spacial score (nSPS) is 12.2. The monoisotopic (exact) mass is 937 g/mol. The van der Waals surface area contributed by atoms with Gasteiger partial charge in [-0.2, -0.15) is 0 Å². The van der Waals surface area contributed by atoms with Crippen LogP contribution in [0.5, 0.6) is 0 Å². The largest absolute Gasteiger partial charge is 0.309 e. The maximum absolute atomic E-state index is 2.94. The van der Waals surface area contributed by atoms with E-state index in [-0.39, 0.29) is 0 Å². The van der Waals surface area contributed by atoms with Gasteiger partial charge < -0.3 is 13.7 Å². The Morgan fingerprint density at radius 3 is 1.14 bits per heavy atom. The molecule has 332 valence electrons. The van der Waals surface area contributed by atoms with Crippen LogP contribution in [0.25, 0.3) is 103 Å². The van der Waals surface area contributed by atoms with Crippen molar-refractivity contribution in [1.29, 1.82) is 0 Å². The van der Waals surface area contributed by atoms with Crippen molar-refractivity contribution in [3.63, 3.8) is 0 Å². The number of hydrogen-bond donors (Lipinski definition) is 0. The minimum absolute atomic E-state index is 1.14. The van der Waals surface area contributed by atoms with Gasteiger partial charge in [-0.3, -0.25) is 0 Å². The molecule has 0 bridgehead atoms. The Balaban J connectivity index is 1.09. The lowest BCUT2D eigenvalue weighted by atomic mass is 10.1. The summed E-state index contributed by atoms with van der Waals surface area (Å²) in [5.41, 5.74) is 10.6. The van der Waals surface area contributed by atoms with Crippen LogP contribution in [0.4, 0.5) is 0 Å². The quantitative estimate of drug-likeness (QED) is 0.112. The van der Waals surface area contributed by atoms with E-state index in [1.54, 1.807) is 0 Å². The van der Waals surface area contributed by atoms with Crippen molar-refractivity contribution >= 4 is 126 Å². The molecule has 0 aliphatic heterocycles. The SMILES string of the molecule is c1ccc([Si](c2ccccc2)(c2ccccc2)c2cccc3sc4cc(-n5c6ccccc6c6ccccc65)c(-n5c6ccccc6c6cc(-n7c8ccccc8c8ccccc87)ccc65)cc4c23)cc1. The minimum atomic E-state index is -2.94. The van der Waals surface area contributed by atoms with Gasteiger partial charge in [-0.1, -0.05) is 194 Å². The number of nitrogens with zero attached hydrogens (tertiary/aromatic N) is 3. The average Bonchev–Trinajstić information content (AvgIpc) is 4.18. The second kappa shape index (κ2) is 15.6. The topological polar surface area (TPSA) is 14.8 Å². The van der Waals surface area contributed by atoms with E-state index in [0.717, 1.165) is 17.1 Å². The van der Waals surface area contributed by atoms with Gasteiger partial charge in [0, 0.05) is 58.2 Å². The zero-order chi connectivity index (χ0) is 46.6. The molecule has 5 heteroatoms. The van der Waals surface area contributed by atoms with E-state index in [4.69, 9.17) is 0 Å². The zero-order valence-electron chi connectivity index (χ0n) is 38.6. The second-order valence-electron chi connectivity index (χ2n) is 18.8. The zero-order valence-corrected chi connectivity index (χ0v) is 40.4. The molecule has 0 saturated carbocycles. The highest BCUT2D eigenvalue weighted by Crippen LogP contribution is 2.44. The van der Waals surface area contributed by atoms with Crippen LogP contribution in [0, 0.1) is 0 Å². The van der Waals surface area contributed by atoms with Gasteiger partial charge in [0.15, 0.2) is 8.07 Å². The van der Waals surface area contributed by atoms with E-state index in [0.29, 0.717) is 0 Å². The fraction of sp³-hybridized carbons (Fsp3) is 0. The molecule has 0 atom stereocenters. The molecule has 0 N–H and O–H groups in total. The third kappa shape index (κ3) is 5.76. The van der Waals surface area contributed by atoms with Crippen molar-refractivity contribution in [2.75, 3.05) is 0 Å². The smallest absolute Gasteiger partial charge is 0.180 e. The van der Waals surface area contributed by atoms with Crippen molar-refractivity contribution in [3.05, 3.63) is 261 Å². The number of hydrogen-bond acceptors (Lipinski definition) is 1. The van der Waals surface area contributed by atoms with E-state index in [1.165, 1.54) is 106 Å². The van der Waals surface area contributed by atoms with Crippen molar-refractivity contribution in [2.24, 2.45) is 0 Å². The third-order valence-electron chi connectivity index (χ3n) is 15.2. The van der Waals surface area contributed by atoms with Crippen LogP contribution < -0.4 is 20.7 Å². The van der Waals surface area contributed by atoms with Gasteiger partial charge in [0.25, 0.3) is 0 Å². The standard InChI is InChI=1S/C66H43N3SSi/c1-4-21-45(22-5-1)71(46-23-6-2-7-24-46,47-25-8-3-9-26-47)65-38-20-37-63-66(65)54-42-61(62(43-64(54)70-63)68-57-34-17-12-29-50(57)51-30-13-18-35-58(51)68)69-59-36-19-14-31-52(59)53-41-44(39-40-60(53)69)67-55-32-15-10-27-48(55)49-28-11-16-33-56(49)67/h1-43H. The fourth-order valence-electron chi connectivity index (χ4n) is 12.3. The molecule has 0 aliphatic carbocycles. The lowest BCUT2D eigenvalue weighted by Crippen LogP contribution is -2.74. The van der Waals surface area contributed by atoms with Gasteiger partial charge in [-0.25, -0.2) is 0 Å². The lowest BCUT2D eigenvalue weighted by molar-refractivity contribution is 1.10. The van der Waals surface area contributed by atoms with Gasteiger partial charge in [-0.15, -0.1) is 11.3 Å². The molecule has 15 rings (SSSR count). The first kappa shape index (κ1) is 40.2. The molecule has 11 aromatic carbocycles. The molecule has 15 aromatic rings. The van der Waals surface area contributed by atoms with Crippen molar-refractivity contribution in [3.8, 4) is 17.1 Å². The van der Waals surface area contributed by atoms with Gasteiger partial charge in [0.05, 0.1) is 44.5 Å². The van der Waals surface area contributed by atoms with E-state index in [1.807, 2.05) is 11.3 Å². The Bertz CT molecular complexity index is 4380. The summed E-state index contributed by atoms with van der Waals surface area (Å²) in [6, 6.07) is 97.7. The van der Waals surface area contributed by atoms with E-state index >= 15 is 0 Å². The molecule has 0 spiro atoms. The first-order chi connectivity index (χ1) is 35.3. The fourth-order valence-corrected chi connectivity index (χ4v) is 18.5. The molecular weight excluding hydrogens is 895 g/mol. The molecule has 0 saturated heterocycles. The second-order valence-corrected chi connectivity index (χ2v) is 23.6. The Labute approximate surface area is 415 Å².